The smallest absolute Gasteiger partial charge is 0.0107 e. The van der Waals surface area contributed by atoms with E-state index in [9.17, 15) is 0 Å². The fourth-order valence-corrected chi connectivity index (χ4v) is 4.14. The number of hydrogen-bond acceptors (Lipinski definition) is 2. The highest BCUT2D eigenvalue weighted by molar-refractivity contribution is 4.85. The zero-order valence-electron chi connectivity index (χ0n) is 14.0. The summed E-state index contributed by atoms with van der Waals surface area (Å²) in [6, 6.07) is 1.59. The quantitative estimate of drug-likeness (QED) is 0.764. The van der Waals surface area contributed by atoms with Crippen molar-refractivity contribution in [2.45, 2.75) is 84.2 Å². The highest BCUT2D eigenvalue weighted by Crippen LogP contribution is 2.28. The molecule has 2 aliphatic rings. The first kappa shape index (κ1) is 16.3. The predicted molar refractivity (Wildman–Crippen MR) is 88.1 cm³/mol. The molecule has 1 saturated carbocycles. The Balaban J connectivity index is 1.91. The molecule has 1 saturated heterocycles. The maximum absolute atomic E-state index is 3.85. The lowest BCUT2D eigenvalue weighted by atomic mass is 9.90. The Hall–Kier alpha value is -0.0800. The third-order valence-corrected chi connectivity index (χ3v) is 5.53. The van der Waals surface area contributed by atoms with Crippen LogP contribution in [-0.4, -0.2) is 36.6 Å². The van der Waals surface area contributed by atoms with Gasteiger partial charge in [0.05, 0.1) is 0 Å². The van der Waals surface area contributed by atoms with Crippen LogP contribution in [0, 0.1) is 11.8 Å². The van der Waals surface area contributed by atoms with Crippen LogP contribution >= 0.6 is 0 Å². The van der Waals surface area contributed by atoms with Gasteiger partial charge in [0.1, 0.15) is 0 Å². The van der Waals surface area contributed by atoms with Crippen molar-refractivity contribution in [1.29, 1.82) is 0 Å². The second kappa shape index (κ2) is 8.38. The van der Waals surface area contributed by atoms with Crippen LogP contribution in [0.15, 0.2) is 0 Å². The average Bonchev–Trinajstić information content (AvgIpc) is 2.66. The average molecular weight is 280 g/mol. The first-order chi connectivity index (χ1) is 9.70. The third-order valence-electron chi connectivity index (χ3n) is 5.53. The van der Waals surface area contributed by atoms with Gasteiger partial charge in [0.15, 0.2) is 0 Å². The van der Waals surface area contributed by atoms with Gasteiger partial charge in [0.2, 0.25) is 0 Å². The van der Waals surface area contributed by atoms with Crippen LogP contribution in [-0.2, 0) is 0 Å². The van der Waals surface area contributed by atoms with Crippen LogP contribution in [0.4, 0.5) is 0 Å². The zero-order valence-corrected chi connectivity index (χ0v) is 14.0. The van der Waals surface area contributed by atoms with Crippen LogP contribution < -0.4 is 5.32 Å². The molecule has 1 aliphatic carbocycles. The monoisotopic (exact) mass is 280 g/mol. The molecule has 0 bridgehead atoms. The van der Waals surface area contributed by atoms with Gasteiger partial charge in [-0.2, -0.15) is 0 Å². The summed E-state index contributed by atoms with van der Waals surface area (Å²) < 4.78 is 0. The summed E-state index contributed by atoms with van der Waals surface area (Å²) in [5.41, 5.74) is 0. The van der Waals surface area contributed by atoms with E-state index in [1.54, 1.807) is 0 Å². The van der Waals surface area contributed by atoms with Crippen LogP contribution in [0.5, 0.6) is 0 Å². The lowest BCUT2D eigenvalue weighted by Gasteiger charge is -2.40. The highest BCUT2D eigenvalue weighted by Gasteiger charge is 2.29. The maximum Gasteiger partial charge on any atom is 0.0107 e. The minimum atomic E-state index is 0.780. The standard InChI is InChI=1S/C18H36N2/c1-4-12-19-18-9-7-5-6-8-17(18)14-20-13-15(2)10-11-16(20)3/h15-19H,4-14H2,1-3H3. The van der Waals surface area contributed by atoms with Crippen molar-refractivity contribution < 1.29 is 0 Å². The molecule has 0 radical (unpaired) electrons. The molecular formula is C18H36N2. The molecular weight excluding hydrogens is 244 g/mol. The molecule has 0 spiro atoms. The Bertz CT molecular complexity index is 266. The van der Waals surface area contributed by atoms with Crippen molar-refractivity contribution in [2.75, 3.05) is 19.6 Å². The van der Waals surface area contributed by atoms with Crippen molar-refractivity contribution in [3.8, 4) is 0 Å². The molecule has 118 valence electrons. The molecule has 2 fully saturated rings. The summed E-state index contributed by atoms with van der Waals surface area (Å²) >= 11 is 0. The Morgan fingerprint density at radius 2 is 1.80 bits per heavy atom. The van der Waals surface area contributed by atoms with Crippen molar-refractivity contribution in [3.05, 3.63) is 0 Å². The van der Waals surface area contributed by atoms with Gasteiger partial charge in [-0.1, -0.05) is 33.1 Å². The van der Waals surface area contributed by atoms with E-state index in [-0.39, 0.29) is 0 Å². The first-order valence-electron chi connectivity index (χ1n) is 9.18. The van der Waals surface area contributed by atoms with Crippen LogP contribution in [0.25, 0.3) is 0 Å². The summed E-state index contributed by atoms with van der Waals surface area (Å²) in [4.78, 5) is 2.80. The molecule has 20 heavy (non-hydrogen) atoms. The van der Waals surface area contributed by atoms with E-state index >= 15 is 0 Å². The number of likely N-dealkylation sites (tertiary alicyclic amines) is 1. The SMILES string of the molecule is CCCNC1CCCCCC1CN1CC(C)CCC1C. The van der Waals surface area contributed by atoms with E-state index in [1.807, 2.05) is 0 Å². The number of nitrogens with one attached hydrogen (secondary N) is 1. The second-order valence-corrected chi connectivity index (χ2v) is 7.44. The van der Waals surface area contributed by atoms with Crippen molar-refractivity contribution in [2.24, 2.45) is 11.8 Å². The van der Waals surface area contributed by atoms with Gasteiger partial charge in [-0.05, 0) is 57.4 Å². The van der Waals surface area contributed by atoms with Gasteiger partial charge < -0.3 is 10.2 Å². The minimum absolute atomic E-state index is 0.780. The topological polar surface area (TPSA) is 15.3 Å². The molecule has 0 aromatic carbocycles. The lowest BCUT2D eigenvalue weighted by Crippen LogP contribution is -2.48. The Labute approximate surface area is 126 Å². The summed E-state index contributed by atoms with van der Waals surface area (Å²) in [7, 11) is 0. The van der Waals surface area contributed by atoms with E-state index < -0.39 is 0 Å². The summed E-state index contributed by atoms with van der Waals surface area (Å²) in [6.07, 6.45) is 11.3. The van der Waals surface area contributed by atoms with Gasteiger partial charge in [-0.25, -0.2) is 0 Å². The van der Waals surface area contributed by atoms with Gasteiger partial charge in [0, 0.05) is 25.2 Å². The largest absolute Gasteiger partial charge is 0.314 e. The number of piperidine rings is 1. The van der Waals surface area contributed by atoms with E-state index in [1.165, 1.54) is 71.0 Å². The van der Waals surface area contributed by atoms with Crippen molar-refractivity contribution in [3.63, 3.8) is 0 Å². The molecule has 0 amide bonds. The molecule has 1 N–H and O–H groups in total. The number of rotatable bonds is 5. The molecule has 4 atom stereocenters. The van der Waals surface area contributed by atoms with Gasteiger partial charge in [0.25, 0.3) is 0 Å². The highest BCUT2D eigenvalue weighted by atomic mass is 15.2. The maximum atomic E-state index is 3.85. The van der Waals surface area contributed by atoms with Gasteiger partial charge in [-0.3, -0.25) is 0 Å². The van der Waals surface area contributed by atoms with Crippen LogP contribution in [0.3, 0.4) is 0 Å². The van der Waals surface area contributed by atoms with Gasteiger partial charge in [-0.15, -0.1) is 0 Å². The predicted octanol–water partition coefficient (Wildman–Crippen LogP) is 4.06. The first-order valence-corrected chi connectivity index (χ1v) is 9.18. The Kier molecular flexibility index (Phi) is 6.83. The second-order valence-electron chi connectivity index (χ2n) is 7.44. The molecule has 4 unspecified atom stereocenters. The molecule has 0 aromatic rings. The summed E-state index contributed by atoms with van der Waals surface area (Å²) in [5, 5.41) is 3.85. The Morgan fingerprint density at radius 3 is 2.60 bits per heavy atom. The fraction of sp³-hybridized carbons (Fsp3) is 1.00. The minimum Gasteiger partial charge on any atom is -0.314 e. The van der Waals surface area contributed by atoms with Crippen LogP contribution in [0.2, 0.25) is 0 Å². The van der Waals surface area contributed by atoms with E-state index in [0.717, 1.165) is 23.9 Å². The summed E-state index contributed by atoms with van der Waals surface area (Å²) in [5.74, 6) is 1.79. The molecule has 2 heteroatoms. The third kappa shape index (κ3) is 4.73. The normalized spacial score (nSPS) is 36.8. The van der Waals surface area contributed by atoms with Crippen molar-refractivity contribution >= 4 is 0 Å². The fourth-order valence-electron chi connectivity index (χ4n) is 4.14. The van der Waals surface area contributed by atoms with E-state index in [2.05, 4.69) is 31.0 Å². The zero-order chi connectivity index (χ0) is 14.4. The van der Waals surface area contributed by atoms with E-state index in [4.69, 9.17) is 0 Å². The summed E-state index contributed by atoms with van der Waals surface area (Å²) in [6.45, 7) is 11.0. The molecule has 2 rings (SSSR count). The lowest BCUT2D eigenvalue weighted by molar-refractivity contribution is 0.0929. The molecule has 1 heterocycles. The molecule has 1 aliphatic heterocycles. The Morgan fingerprint density at radius 1 is 1.00 bits per heavy atom. The molecule has 2 nitrogen and oxygen atoms in total. The molecule has 0 aromatic heterocycles. The van der Waals surface area contributed by atoms with Crippen LogP contribution in [0.1, 0.15) is 72.1 Å². The van der Waals surface area contributed by atoms with Crippen molar-refractivity contribution in [1.82, 2.24) is 10.2 Å². The number of hydrogen-bond donors (Lipinski definition) is 1. The van der Waals surface area contributed by atoms with Gasteiger partial charge >= 0.3 is 0 Å². The van der Waals surface area contributed by atoms with E-state index in [0.29, 0.717) is 0 Å². The number of nitrogens with zero attached hydrogens (tertiary/aromatic N) is 1.